The fourth-order valence-corrected chi connectivity index (χ4v) is 5.13. The summed E-state index contributed by atoms with van der Waals surface area (Å²) in [5.74, 6) is -1.10. The maximum absolute atomic E-state index is 13.0. The number of amides is 2. The third-order valence-corrected chi connectivity index (χ3v) is 7.55. The smallest absolute Gasteiger partial charge is 0.408 e. The minimum absolute atomic E-state index is 0.281. The molecule has 0 radical (unpaired) electrons. The van der Waals surface area contributed by atoms with Gasteiger partial charge < -0.3 is 10.1 Å². The van der Waals surface area contributed by atoms with Crippen molar-refractivity contribution in [3.63, 3.8) is 0 Å². The molecule has 2 aliphatic rings. The van der Waals surface area contributed by atoms with Gasteiger partial charge in [0.15, 0.2) is 0 Å². The number of rotatable bonds is 7. The molecule has 0 bridgehead atoms. The fraction of sp³-hybridized carbons (Fsp3) is 0.524. The molecule has 0 aromatic heterocycles. The summed E-state index contributed by atoms with van der Waals surface area (Å²) < 4.78 is 32.5. The highest BCUT2D eigenvalue weighted by Gasteiger charge is 2.63. The number of sulfonamides is 1. The van der Waals surface area contributed by atoms with Crippen LogP contribution >= 0.6 is 0 Å². The van der Waals surface area contributed by atoms with Gasteiger partial charge in [-0.05, 0) is 52.0 Å². The highest BCUT2D eigenvalue weighted by atomic mass is 32.2. The van der Waals surface area contributed by atoms with Crippen LogP contribution in [0, 0.1) is 5.92 Å². The summed E-state index contributed by atoms with van der Waals surface area (Å²) >= 11 is 0. The zero-order chi connectivity index (χ0) is 21.5. The van der Waals surface area contributed by atoms with E-state index in [1.165, 1.54) is 0 Å². The van der Waals surface area contributed by atoms with Crippen LogP contribution in [0.3, 0.4) is 0 Å². The second-order valence-electron chi connectivity index (χ2n) is 8.92. The van der Waals surface area contributed by atoms with Crippen LogP contribution in [0.5, 0.6) is 0 Å². The highest BCUT2D eigenvalue weighted by Crippen LogP contribution is 2.48. The predicted molar refractivity (Wildman–Crippen MR) is 110 cm³/mol. The molecule has 3 rings (SSSR count). The monoisotopic (exact) mass is 420 g/mol. The van der Waals surface area contributed by atoms with E-state index < -0.39 is 37.9 Å². The molecule has 29 heavy (non-hydrogen) atoms. The number of ether oxygens (including phenoxy) is 1. The minimum Gasteiger partial charge on any atom is -0.444 e. The molecule has 158 valence electrons. The number of hydrogen-bond acceptors (Lipinski definition) is 5. The molecule has 0 unspecified atom stereocenters. The first-order chi connectivity index (χ1) is 13.4. The molecule has 0 heterocycles. The van der Waals surface area contributed by atoms with Crippen LogP contribution in [-0.2, 0) is 26.0 Å². The molecule has 2 amide bonds. The van der Waals surface area contributed by atoms with Crippen molar-refractivity contribution in [2.45, 2.75) is 62.3 Å². The van der Waals surface area contributed by atoms with Crippen molar-refractivity contribution in [3.05, 3.63) is 48.6 Å². The van der Waals surface area contributed by atoms with E-state index in [0.29, 0.717) is 19.3 Å². The predicted octanol–water partition coefficient (Wildman–Crippen LogP) is 2.68. The Hall–Kier alpha value is -2.35. The van der Waals surface area contributed by atoms with E-state index in [1.807, 2.05) is 30.3 Å². The zero-order valence-corrected chi connectivity index (χ0v) is 17.8. The first-order valence-corrected chi connectivity index (χ1v) is 11.2. The molecule has 7 nitrogen and oxygen atoms in total. The van der Waals surface area contributed by atoms with Gasteiger partial charge in [0.05, 0.1) is 4.75 Å². The molecule has 1 aromatic carbocycles. The van der Waals surface area contributed by atoms with Crippen LogP contribution in [0.15, 0.2) is 43.0 Å². The molecule has 2 saturated carbocycles. The van der Waals surface area contributed by atoms with Crippen molar-refractivity contribution in [1.82, 2.24) is 10.0 Å². The van der Waals surface area contributed by atoms with Gasteiger partial charge in [-0.25, -0.2) is 13.2 Å². The van der Waals surface area contributed by atoms with Crippen LogP contribution in [0.25, 0.3) is 0 Å². The Labute approximate surface area is 172 Å². The molecule has 0 aliphatic heterocycles. The van der Waals surface area contributed by atoms with E-state index in [4.69, 9.17) is 4.74 Å². The standard InChI is InChI=1S/C21H28N2O5S/c1-5-16-14-21(16,22-18(25)28-19(2,3)4)17(24)23-29(26,27)20(11-12-20)13-15-9-7-6-8-10-15/h5-10,16H,1,11-14H2,2-4H3,(H,22,25)(H,23,24)/t16-,21-/m1/s1. The van der Waals surface area contributed by atoms with Gasteiger partial charge >= 0.3 is 6.09 Å². The maximum Gasteiger partial charge on any atom is 0.408 e. The molecule has 2 N–H and O–H groups in total. The van der Waals surface area contributed by atoms with Gasteiger partial charge in [-0.15, -0.1) is 6.58 Å². The fourth-order valence-electron chi connectivity index (χ4n) is 3.49. The van der Waals surface area contributed by atoms with E-state index in [2.05, 4.69) is 16.6 Å². The Balaban J connectivity index is 1.73. The lowest BCUT2D eigenvalue weighted by atomic mass is 10.1. The van der Waals surface area contributed by atoms with E-state index >= 15 is 0 Å². The normalized spacial score (nSPS) is 24.9. The van der Waals surface area contributed by atoms with Crippen molar-refractivity contribution < 1.29 is 22.7 Å². The number of benzene rings is 1. The van der Waals surface area contributed by atoms with Gasteiger partial charge in [0.1, 0.15) is 11.1 Å². The zero-order valence-electron chi connectivity index (χ0n) is 17.0. The van der Waals surface area contributed by atoms with Crippen LogP contribution in [0.1, 0.15) is 45.6 Å². The molecule has 1 aromatic rings. The first kappa shape index (κ1) is 21.4. The summed E-state index contributed by atoms with van der Waals surface area (Å²) in [7, 11) is -3.92. The second-order valence-corrected chi connectivity index (χ2v) is 11.0. The Morgan fingerprint density at radius 2 is 1.86 bits per heavy atom. The van der Waals surface area contributed by atoms with Crippen molar-refractivity contribution >= 4 is 22.0 Å². The third-order valence-electron chi connectivity index (χ3n) is 5.40. The number of carbonyl (C=O) groups excluding carboxylic acids is 2. The Bertz CT molecular complexity index is 916. The quantitative estimate of drug-likeness (QED) is 0.661. The molecule has 2 aliphatic carbocycles. The summed E-state index contributed by atoms with van der Waals surface area (Å²) in [5.41, 5.74) is -1.18. The van der Waals surface area contributed by atoms with Gasteiger partial charge in [0.25, 0.3) is 5.91 Å². The lowest BCUT2D eigenvalue weighted by molar-refractivity contribution is -0.122. The van der Waals surface area contributed by atoms with Crippen LogP contribution in [0.2, 0.25) is 0 Å². The van der Waals surface area contributed by atoms with Gasteiger partial charge in [0.2, 0.25) is 10.0 Å². The first-order valence-electron chi connectivity index (χ1n) is 9.68. The summed E-state index contributed by atoms with van der Waals surface area (Å²) in [6.07, 6.45) is 2.38. The average Bonchev–Trinajstić information content (AvgIpc) is 3.50. The van der Waals surface area contributed by atoms with E-state index in [1.54, 1.807) is 26.8 Å². The molecule has 2 fully saturated rings. The minimum atomic E-state index is -3.92. The van der Waals surface area contributed by atoms with Gasteiger partial charge in [-0.2, -0.15) is 0 Å². The Kier molecular flexibility index (Phi) is 5.28. The average molecular weight is 421 g/mol. The maximum atomic E-state index is 13.0. The summed E-state index contributed by atoms with van der Waals surface area (Å²) in [5, 5.41) is 2.56. The lowest BCUT2D eigenvalue weighted by Crippen LogP contribution is -2.54. The van der Waals surface area contributed by atoms with E-state index in [9.17, 15) is 18.0 Å². The molecular formula is C21H28N2O5S. The number of alkyl carbamates (subject to hydrolysis) is 1. The van der Waals surface area contributed by atoms with Crippen LogP contribution in [0.4, 0.5) is 4.79 Å². The largest absolute Gasteiger partial charge is 0.444 e. The van der Waals surface area contributed by atoms with Crippen molar-refractivity contribution in [2.24, 2.45) is 5.92 Å². The van der Waals surface area contributed by atoms with Crippen molar-refractivity contribution in [3.8, 4) is 0 Å². The number of nitrogens with one attached hydrogen (secondary N) is 2. The highest BCUT2D eigenvalue weighted by molar-refractivity contribution is 7.91. The SMILES string of the molecule is C=C[C@@H]1C[C@]1(NC(=O)OC(C)(C)C)C(=O)NS(=O)(=O)C1(Cc2ccccc2)CC1. The number of carbonyl (C=O) groups is 2. The van der Waals surface area contributed by atoms with E-state index in [0.717, 1.165) is 5.56 Å². The van der Waals surface area contributed by atoms with Gasteiger partial charge in [-0.1, -0.05) is 36.4 Å². The lowest BCUT2D eigenvalue weighted by Gasteiger charge is -2.24. The summed E-state index contributed by atoms with van der Waals surface area (Å²) in [4.78, 5) is 25.1. The van der Waals surface area contributed by atoms with Crippen LogP contribution < -0.4 is 10.0 Å². The molecule has 8 heteroatoms. The van der Waals surface area contributed by atoms with Gasteiger partial charge in [0, 0.05) is 5.92 Å². The number of hydrogen-bond donors (Lipinski definition) is 2. The van der Waals surface area contributed by atoms with Crippen molar-refractivity contribution in [2.75, 3.05) is 0 Å². The van der Waals surface area contributed by atoms with Crippen LogP contribution in [-0.4, -0.2) is 36.3 Å². The molecule has 0 saturated heterocycles. The van der Waals surface area contributed by atoms with E-state index in [-0.39, 0.29) is 12.3 Å². The van der Waals surface area contributed by atoms with Crippen molar-refractivity contribution in [1.29, 1.82) is 0 Å². The van der Waals surface area contributed by atoms with Gasteiger partial charge in [-0.3, -0.25) is 9.52 Å². The topological polar surface area (TPSA) is 102 Å². The Morgan fingerprint density at radius 1 is 1.24 bits per heavy atom. The second kappa shape index (κ2) is 7.16. The summed E-state index contributed by atoms with van der Waals surface area (Å²) in [6.45, 7) is 8.81. The molecule has 0 spiro atoms. The molecule has 2 atom stereocenters. The summed E-state index contributed by atoms with van der Waals surface area (Å²) in [6, 6.07) is 9.33. The Morgan fingerprint density at radius 3 is 2.34 bits per heavy atom. The molecular weight excluding hydrogens is 392 g/mol. The third kappa shape index (κ3) is 4.47.